The van der Waals surface area contributed by atoms with Gasteiger partial charge < -0.3 is 10.5 Å². The van der Waals surface area contributed by atoms with Crippen molar-refractivity contribution in [3.05, 3.63) is 58.7 Å². The second kappa shape index (κ2) is 6.77. The topological polar surface area (TPSA) is 35.2 Å². The van der Waals surface area contributed by atoms with E-state index in [2.05, 4.69) is 58.0 Å². The summed E-state index contributed by atoms with van der Waals surface area (Å²) >= 11 is 0. The summed E-state index contributed by atoms with van der Waals surface area (Å²) in [5.41, 5.74) is 10.9. The van der Waals surface area contributed by atoms with Gasteiger partial charge >= 0.3 is 0 Å². The van der Waals surface area contributed by atoms with Gasteiger partial charge in [0.15, 0.2) is 0 Å². The van der Waals surface area contributed by atoms with Crippen LogP contribution in [0, 0.1) is 20.8 Å². The van der Waals surface area contributed by atoms with Crippen LogP contribution in [0.3, 0.4) is 0 Å². The van der Waals surface area contributed by atoms with E-state index in [0.717, 1.165) is 29.9 Å². The molecule has 0 saturated carbocycles. The van der Waals surface area contributed by atoms with Gasteiger partial charge in [-0.1, -0.05) is 25.1 Å². The van der Waals surface area contributed by atoms with Crippen LogP contribution in [0.1, 0.15) is 35.6 Å². The second-order valence-corrected chi connectivity index (χ2v) is 5.83. The van der Waals surface area contributed by atoms with Gasteiger partial charge in [-0.15, -0.1) is 0 Å². The normalized spacial score (nSPS) is 12.2. The first-order valence-corrected chi connectivity index (χ1v) is 7.59. The van der Waals surface area contributed by atoms with Gasteiger partial charge in [0, 0.05) is 6.04 Å². The van der Waals surface area contributed by atoms with Crippen molar-refractivity contribution in [2.75, 3.05) is 0 Å². The van der Waals surface area contributed by atoms with Crippen molar-refractivity contribution in [3.8, 4) is 11.5 Å². The smallest absolute Gasteiger partial charge is 0.130 e. The Bertz CT molecular complexity index is 619. The van der Waals surface area contributed by atoms with Crippen LogP contribution in [0.15, 0.2) is 36.4 Å². The SMILES string of the molecule is CCC(N)Cc1ccc(Oc2cc(C)ccc2C)cc1C. The summed E-state index contributed by atoms with van der Waals surface area (Å²) < 4.78 is 6.03. The van der Waals surface area contributed by atoms with Gasteiger partial charge in [-0.05, 0) is 74.1 Å². The molecule has 2 aromatic carbocycles. The Labute approximate surface area is 127 Å². The molecule has 0 amide bonds. The number of benzene rings is 2. The molecule has 0 saturated heterocycles. The molecule has 2 aromatic rings. The molecule has 0 heterocycles. The Morgan fingerprint density at radius 3 is 2.43 bits per heavy atom. The maximum Gasteiger partial charge on any atom is 0.130 e. The van der Waals surface area contributed by atoms with Crippen LogP contribution in [0.25, 0.3) is 0 Å². The largest absolute Gasteiger partial charge is 0.457 e. The van der Waals surface area contributed by atoms with Crippen molar-refractivity contribution in [2.24, 2.45) is 5.73 Å². The molecule has 0 aliphatic rings. The van der Waals surface area contributed by atoms with Gasteiger partial charge in [0.05, 0.1) is 0 Å². The van der Waals surface area contributed by atoms with Gasteiger partial charge in [-0.25, -0.2) is 0 Å². The molecule has 0 fully saturated rings. The van der Waals surface area contributed by atoms with Gasteiger partial charge in [-0.3, -0.25) is 0 Å². The first kappa shape index (κ1) is 15.6. The van der Waals surface area contributed by atoms with Crippen molar-refractivity contribution in [2.45, 2.75) is 46.6 Å². The highest BCUT2D eigenvalue weighted by molar-refractivity contribution is 5.42. The van der Waals surface area contributed by atoms with Gasteiger partial charge in [0.2, 0.25) is 0 Å². The molecule has 0 aliphatic carbocycles. The molecule has 1 unspecified atom stereocenters. The quantitative estimate of drug-likeness (QED) is 0.864. The third-order valence-electron chi connectivity index (χ3n) is 3.89. The molecule has 21 heavy (non-hydrogen) atoms. The molecule has 0 aromatic heterocycles. The Hall–Kier alpha value is -1.80. The van der Waals surface area contributed by atoms with Crippen molar-refractivity contribution in [3.63, 3.8) is 0 Å². The number of aryl methyl sites for hydroxylation is 3. The minimum Gasteiger partial charge on any atom is -0.457 e. The molecule has 0 bridgehead atoms. The standard InChI is InChI=1S/C19H25NO/c1-5-17(20)12-16-8-9-18(11-15(16)4)21-19-10-13(2)6-7-14(19)3/h6-11,17H,5,12,20H2,1-4H3. The van der Waals surface area contributed by atoms with E-state index in [4.69, 9.17) is 10.5 Å². The molecule has 1 atom stereocenters. The molecule has 0 aliphatic heterocycles. The highest BCUT2D eigenvalue weighted by atomic mass is 16.5. The molecule has 2 rings (SSSR count). The first-order valence-electron chi connectivity index (χ1n) is 7.59. The van der Waals surface area contributed by atoms with Crippen molar-refractivity contribution in [1.29, 1.82) is 0 Å². The fourth-order valence-corrected chi connectivity index (χ4v) is 2.33. The number of ether oxygens (including phenoxy) is 1. The molecule has 0 spiro atoms. The van der Waals surface area contributed by atoms with E-state index >= 15 is 0 Å². The van der Waals surface area contributed by atoms with E-state index in [1.165, 1.54) is 16.7 Å². The maximum atomic E-state index is 6.04. The fourth-order valence-electron chi connectivity index (χ4n) is 2.33. The lowest BCUT2D eigenvalue weighted by Crippen LogP contribution is -2.21. The summed E-state index contributed by atoms with van der Waals surface area (Å²) in [5.74, 6) is 1.81. The Balaban J connectivity index is 2.18. The van der Waals surface area contributed by atoms with E-state index in [1.54, 1.807) is 0 Å². The lowest BCUT2D eigenvalue weighted by molar-refractivity contribution is 0.477. The molecule has 2 heteroatoms. The van der Waals surface area contributed by atoms with Gasteiger partial charge in [0.25, 0.3) is 0 Å². The van der Waals surface area contributed by atoms with Crippen LogP contribution < -0.4 is 10.5 Å². The average Bonchev–Trinajstić information content (AvgIpc) is 2.45. The van der Waals surface area contributed by atoms with Crippen molar-refractivity contribution < 1.29 is 4.74 Å². The van der Waals surface area contributed by atoms with Crippen molar-refractivity contribution in [1.82, 2.24) is 0 Å². The highest BCUT2D eigenvalue weighted by Gasteiger charge is 2.07. The Morgan fingerprint density at radius 1 is 1.00 bits per heavy atom. The number of hydrogen-bond donors (Lipinski definition) is 1. The predicted octanol–water partition coefficient (Wildman–Crippen LogP) is 4.68. The first-order chi connectivity index (χ1) is 9.99. The third kappa shape index (κ3) is 4.08. The van der Waals surface area contributed by atoms with Crippen LogP contribution in [0.2, 0.25) is 0 Å². The summed E-state index contributed by atoms with van der Waals surface area (Å²) in [6.45, 7) is 8.38. The minimum atomic E-state index is 0.231. The summed E-state index contributed by atoms with van der Waals surface area (Å²) in [6, 6.07) is 12.8. The van der Waals surface area contributed by atoms with Crippen LogP contribution in [-0.2, 0) is 6.42 Å². The summed E-state index contributed by atoms with van der Waals surface area (Å²) in [4.78, 5) is 0. The maximum absolute atomic E-state index is 6.04. The van der Waals surface area contributed by atoms with E-state index in [-0.39, 0.29) is 6.04 Å². The molecule has 2 nitrogen and oxygen atoms in total. The van der Waals surface area contributed by atoms with Crippen molar-refractivity contribution >= 4 is 0 Å². The molecule has 2 N–H and O–H groups in total. The molecule has 0 radical (unpaired) electrons. The number of rotatable bonds is 5. The van der Waals surface area contributed by atoms with E-state index < -0.39 is 0 Å². The summed E-state index contributed by atoms with van der Waals surface area (Å²) in [5, 5.41) is 0. The zero-order valence-electron chi connectivity index (χ0n) is 13.4. The summed E-state index contributed by atoms with van der Waals surface area (Å²) in [7, 11) is 0. The van der Waals surface area contributed by atoms with E-state index in [0.29, 0.717) is 0 Å². The highest BCUT2D eigenvalue weighted by Crippen LogP contribution is 2.27. The average molecular weight is 283 g/mol. The summed E-state index contributed by atoms with van der Waals surface area (Å²) in [6.07, 6.45) is 1.92. The van der Waals surface area contributed by atoms with Crippen LogP contribution >= 0.6 is 0 Å². The monoisotopic (exact) mass is 283 g/mol. The Kier molecular flexibility index (Phi) is 5.03. The predicted molar refractivity (Wildman–Crippen MR) is 89.1 cm³/mol. The number of nitrogens with two attached hydrogens (primary N) is 1. The van der Waals surface area contributed by atoms with E-state index in [9.17, 15) is 0 Å². The fraction of sp³-hybridized carbons (Fsp3) is 0.368. The lowest BCUT2D eigenvalue weighted by atomic mass is 10.00. The zero-order valence-corrected chi connectivity index (χ0v) is 13.4. The van der Waals surface area contributed by atoms with E-state index in [1.807, 2.05) is 6.07 Å². The molecule has 112 valence electrons. The van der Waals surface area contributed by atoms with Crippen LogP contribution in [0.4, 0.5) is 0 Å². The van der Waals surface area contributed by atoms with Gasteiger partial charge in [-0.2, -0.15) is 0 Å². The van der Waals surface area contributed by atoms with Crippen LogP contribution in [-0.4, -0.2) is 6.04 Å². The molecular formula is C19H25NO. The molecular weight excluding hydrogens is 258 g/mol. The van der Waals surface area contributed by atoms with Gasteiger partial charge in [0.1, 0.15) is 11.5 Å². The second-order valence-electron chi connectivity index (χ2n) is 5.83. The third-order valence-corrected chi connectivity index (χ3v) is 3.89. The zero-order chi connectivity index (χ0) is 15.4. The van der Waals surface area contributed by atoms with Crippen LogP contribution in [0.5, 0.6) is 11.5 Å². The minimum absolute atomic E-state index is 0.231. The lowest BCUT2D eigenvalue weighted by Gasteiger charge is -2.14. The number of hydrogen-bond acceptors (Lipinski definition) is 2. The Morgan fingerprint density at radius 2 is 1.76 bits per heavy atom.